The van der Waals surface area contributed by atoms with Crippen molar-refractivity contribution < 1.29 is 4.74 Å². The zero-order valence-corrected chi connectivity index (χ0v) is 8.35. The lowest BCUT2D eigenvalue weighted by atomic mass is 10.1. The summed E-state index contributed by atoms with van der Waals surface area (Å²) in [4.78, 5) is 5.46. The molecule has 72 valence electrons. The Hall–Kier alpha value is -0.450. The monoisotopic (exact) mass is 198 g/mol. The number of thiazole rings is 1. The van der Waals surface area contributed by atoms with Crippen LogP contribution in [0.3, 0.4) is 0 Å². The Morgan fingerprint density at radius 2 is 2.54 bits per heavy atom. The number of aromatic nitrogens is 1. The van der Waals surface area contributed by atoms with Crippen LogP contribution in [0.2, 0.25) is 0 Å². The van der Waals surface area contributed by atoms with Crippen LogP contribution in [0.4, 0.5) is 0 Å². The van der Waals surface area contributed by atoms with Crippen molar-refractivity contribution >= 4 is 11.3 Å². The van der Waals surface area contributed by atoms with E-state index in [1.165, 1.54) is 17.7 Å². The predicted molar refractivity (Wildman–Crippen MR) is 52.5 cm³/mol. The first-order valence-electron chi connectivity index (χ1n) is 4.66. The summed E-state index contributed by atoms with van der Waals surface area (Å²) in [6, 6.07) is 0. The number of hydrogen-bond acceptors (Lipinski definition) is 4. The molecule has 1 aliphatic rings. The van der Waals surface area contributed by atoms with Gasteiger partial charge in [0.2, 0.25) is 0 Å². The van der Waals surface area contributed by atoms with Gasteiger partial charge in [-0.2, -0.15) is 0 Å². The summed E-state index contributed by atoms with van der Waals surface area (Å²) in [6.07, 6.45) is 5.78. The van der Waals surface area contributed by atoms with Gasteiger partial charge in [-0.05, 0) is 19.3 Å². The SMILES string of the molecule is NCc1ncc(C2CCCCO2)s1. The highest BCUT2D eigenvalue weighted by Gasteiger charge is 2.18. The smallest absolute Gasteiger partial charge is 0.106 e. The van der Waals surface area contributed by atoms with Crippen molar-refractivity contribution in [3.05, 3.63) is 16.1 Å². The lowest BCUT2D eigenvalue weighted by molar-refractivity contribution is 0.0171. The fraction of sp³-hybridized carbons (Fsp3) is 0.667. The lowest BCUT2D eigenvalue weighted by Crippen LogP contribution is -2.09. The first-order chi connectivity index (χ1) is 6.40. The highest BCUT2D eigenvalue weighted by molar-refractivity contribution is 7.11. The Bertz CT molecular complexity index is 268. The van der Waals surface area contributed by atoms with Gasteiger partial charge in [-0.15, -0.1) is 11.3 Å². The van der Waals surface area contributed by atoms with Crippen molar-refractivity contribution in [2.24, 2.45) is 5.73 Å². The van der Waals surface area contributed by atoms with Crippen LogP contribution in [0, 0.1) is 0 Å². The minimum atomic E-state index is 0.284. The van der Waals surface area contributed by atoms with Gasteiger partial charge >= 0.3 is 0 Å². The second-order valence-electron chi connectivity index (χ2n) is 3.22. The molecule has 1 unspecified atom stereocenters. The van der Waals surface area contributed by atoms with E-state index in [0.717, 1.165) is 18.0 Å². The van der Waals surface area contributed by atoms with E-state index in [1.54, 1.807) is 11.3 Å². The summed E-state index contributed by atoms with van der Waals surface area (Å²) in [5, 5.41) is 1.00. The van der Waals surface area contributed by atoms with Crippen molar-refractivity contribution in [1.82, 2.24) is 4.98 Å². The average molecular weight is 198 g/mol. The number of nitrogens with two attached hydrogens (primary N) is 1. The standard InChI is InChI=1S/C9H14N2OS/c10-5-9-11-6-8(13-9)7-3-1-2-4-12-7/h6-7H,1-5,10H2. The molecular formula is C9H14N2OS. The molecule has 0 aliphatic carbocycles. The van der Waals surface area contributed by atoms with Crippen LogP contribution in [0.1, 0.15) is 35.3 Å². The van der Waals surface area contributed by atoms with Crippen molar-refractivity contribution in [2.75, 3.05) is 6.61 Å². The Labute approximate surface area is 81.9 Å². The number of rotatable bonds is 2. The molecule has 0 amide bonds. The van der Waals surface area contributed by atoms with Crippen LogP contribution in [0.5, 0.6) is 0 Å². The van der Waals surface area contributed by atoms with Crippen LogP contribution >= 0.6 is 11.3 Å². The Morgan fingerprint density at radius 3 is 3.15 bits per heavy atom. The molecule has 0 bridgehead atoms. The molecule has 1 aromatic rings. The molecule has 0 saturated carbocycles. The van der Waals surface area contributed by atoms with Crippen LogP contribution in [-0.2, 0) is 11.3 Å². The topological polar surface area (TPSA) is 48.1 Å². The van der Waals surface area contributed by atoms with Gasteiger partial charge in [0.1, 0.15) is 5.01 Å². The fourth-order valence-electron chi connectivity index (χ4n) is 1.53. The van der Waals surface area contributed by atoms with Crippen molar-refractivity contribution in [2.45, 2.75) is 31.9 Å². The summed E-state index contributed by atoms with van der Waals surface area (Å²) >= 11 is 1.68. The van der Waals surface area contributed by atoms with Crippen LogP contribution in [0.15, 0.2) is 6.20 Å². The number of hydrogen-bond donors (Lipinski definition) is 1. The molecule has 0 radical (unpaired) electrons. The van der Waals surface area contributed by atoms with Gasteiger partial charge in [-0.25, -0.2) is 4.98 Å². The summed E-state index contributed by atoms with van der Waals surface area (Å²) in [5.74, 6) is 0. The first kappa shape index (κ1) is 9.12. The van der Waals surface area contributed by atoms with E-state index in [1.807, 2.05) is 6.20 Å². The van der Waals surface area contributed by atoms with Crippen LogP contribution in [0.25, 0.3) is 0 Å². The van der Waals surface area contributed by atoms with Gasteiger partial charge in [0.15, 0.2) is 0 Å². The average Bonchev–Trinajstić information content (AvgIpc) is 2.67. The molecule has 1 saturated heterocycles. The zero-order chi connectivity index (χ0) is 9.10. The van der Waals surface area contributed by atoms with Crippen LogP contribution in [-0.4, -0.2) is 11.6 Å². The van der Waals surface area contributed by atoms with E-state index in [9.17, 15) is 0 Å². The molecule has 3 nitrogen and oxygen atoms in total. The molecule has 0 spiro atoms. The van der Waals surface area contributed by atoms with Crippen molar-refractivity contribution in [1.29, 1.82) is 0 Å². The lowest BCUT2D eigenvalue weighted by Gasteiger charge is -2.20. The minimum Gasteiger partial charge on any atom is -0.373 e. The van der Waals surface area contributed by atoms with Gasteiger partial charge < -0.3 is 10.5 Å². The minimum absolute atomic E-state index is 0.284. The van der Waals surface area contributed by atoms with Gasteiger partial charge in [-0.3, -0.25) is 0 Å². The molecule has 1 aliphatic heterocycles. The van der Waals surface area contributed by atoms with E-state index in [4.69, 9.17) is 10.5 Å². The first-order valence-corrected chi connectivity index (χ1v) is 5.48. The summed E-state index contributed by atoms with van der Waals surface area (Å²) in [6.45, 7) is 1.43. The van der Waals surface area contributed by atoms with Gasteiger partial charge in [0.05, 0.1) is 11.0 Å². The third-order valence-corrected chi connectivity index (χ3v) is 3.35. The molecule has 13 heavy (non-hydrogen) atoms. The molecule has 1 fully saturated rings. The summed E-state index contributed by atoms with van der Waals surface area (Å²) < 4.78 is 5.65. The van der Waals surface area contributed by atoms with E-state index < -0.39 is 0 Å². The van der Waals surface area contributed by atoms with E-state index in [2.05, 4.69) is 4.98 Å². The maximum atomic E-state index is 5.65. The third kappa shape index (κ3) is 2.07. The molecule has 4 heteroatoms. The predicted octanol–water partition coefficient (Wildman–Crippen LogP) is 1.84. The van der Waals surface area contributed by atoms with Crippen molar-refractivity contribution in [3.63, 3.8) is 0 Å². The highest BCUT2D eigenvalue weighted by atomic mass is 32.1. The van der Waals surface area contributed by atoms with Gasteiger partial charge in [0, 0.05) is 19.3 Å². The van der Waals surface area contributed by atoms with E-state index >= 15 is 0 Å². The van der Waals surface area contributed by atoms with Gasteiger partial charge in [0.25, 0.3) is 0 Å². The Morgan fingerprint density at radius 1 is 1.62 bits per heavy atom. The Balaban J connectivity index is 2.05. The molecular weight excluding hydrogens is 184 g/mol. The fourth-order valence-corrected chi connectivity index (χ4v) is 2.42. The summed E-state index contributed by atoms with van der Waals surface area (Å²) in [5.41, 5.74) is 5.50. The summed E-state index contributed by atoms with van der Waals surface area (Å²) in [7, 11) is 0. The van der Waals surface area contributed by atoms with Crippen molar-refractivity contribution in [3.8, 4) is 0 Å². The number of nitrogens with zero attached hydrogens (tertiary/aromatic N) is 1. The maximum absolute atomic E-state index is 5.65. The van der Waals surface area contributed by atoms with E-state index in [-0.39, 0.29) is 6.10 Å². The maximum Gasteiger partial charge on any atom is 0.106 e. The van der Waals surface area contributed by atoms with Gasteiger partial charge in [-0.1, -0.05) is 0 Å². The zero-order valence-electron chi connectivity index (χ0n) is 7.53. The highest BCUT2D eigenvalue weighted by Crippen LogP contribution is 2.31. The quantitative estimate of drug-likeness (QED) is 0.788. The molecule has 2 N–H and O–H groups in total. The van der Waals surface area contributed by atoms with E-state index in [0.29, 0.717) is 6.54 Å². The second kappa shape index (κ2) is 4.17. The van der Waals surface area contributed by atoms with Crippen LogP contribution < -0.4 is 5.73 Å². The molecule has 1 aromatic heterocycles. The Kier molecular flexibility index (Phi) is 2.93. The molecule has 1 atom stereocenters. The molecule has 2 heterocycles. The third-order valence-electron chi connectivity index (χ3n) is 2.24. The molecule has 0 aromatic carbocycles. The largest absolute Gasteiger partial charge is 0.373 e. The number of ether oxygens (including phenoxy) is 1. The normalized spacial score (nSPS) is 23.3. The second-order valence-corrected chi connectivity index (χ2v) is 4.36. The molecule has 2 rings (SSSR count).